The van der Waals surface area contributed by atoms with E-state index in [-0.39, 0.29) is 5.92 Å². The Labute approximate surface area is 111 Å². The molecule has 1 aliphatic rings. The zero-order valence-electron chi connectivity index (χ0n) is 10.3. The van der Waals surface area contributed by atoms with Crippen molar-refractivity contribution in [2.75, 3.05) is 6.54 Å². The minimum absolute atomic E-state index is 0.259. The van der Waals surface area contributed by atoms with Crippen molar-refractivity contribution in [3.8, 4) is 11.1 Å². The maximum absolute atomic E-state index is 10.1. The fourth-order valence-electron chi connectivity index (χ4n) is 2.69. The number of benzene rings is 2. The van der Waals surface area contributed by atoms with Crippen LogP contribution in [-0.4, -0.2) is 13.0 Å². The van der Waals surface area contributed by atoms with Crippen molar-refractivity contribution in [2.45, 2.75) is 5.92 Å². The van der Waals surface area contributed by atoms with E-state index in [2.05, 4.69) is 52.3 Å². The number of hydrogen-bond donors (Lipinski definition) is 2. The normalized spacial score (nSPS) is 12.8. The first-order chi connectivity index (χ1) is 9.42. The molecule has 0 amide bonds. The zero-order valence-corrected chi connectivity index (χ0v) is 10.3. The van der Waals surface area contributed by atoms with E-state index in [1.54, 1.807) is 0 Å². The molecule has 0 fully saturated rings. The molecule has 4 nitrogen and oxygen atoms in total. The van der Waals surface area contributed by atoms with Gasteiger partial charge in [0.05, 0.1) is 0 Å². The van der Waals surface area contributed by atoms with Gasteiger partial charge in [-0.3, -0.25) is 4.79 Å². The lowest BCUT2D eigenvalue weighted by Gasteiger charge is -2.14. The van der Waals surface area contributed by atoms with Gasteiger partial charge in [-0.05, 0) is 22.3 Å². The first-order valence-electron chi connectivity index (χ1n) is 6.17. The molecule has 0 radical (unpaired) electrons. The molecule has 0 saturated carbocycles. The molecule has 19 heavy (non-hydrogen) atoms. The fourth-order valence-corrected chi connectivity index (χ4v) is 2.69. The fraction of sp³-hybridized carbons (Fsp3) is 0.133. The molecular formula is C15H14N2O2. The zero-order chi connectivity index (χ0) is 13.1. The summed E-state index contributed by atoms with van der Waals surface area (Å²) in [5, 5.41) is 0. The Kier molecular flexibility index (Phi) is 3.27. The van der Waals surface area contributed by atoms with Crippen molar-refractivity contribution in [1.82, 2.24) is 11.0 Å². The van der Waals surface area contributed by atoms with Crippen molar-refractivity contribution in [3.63, 3.8) is 0 Å². The Morgan fingerprint density at radius 1 is 1.00 bits per heavy atom. The second-order valence-corrected chi connectivity index (χ2v) is 4.42. The molecule has 2 aromatic carbocycles. The second kappa shape index (κ2) is 5.22. The van der Waals surface area contributed by atoms with Crippen molar-refractivity contribution in [2.24, 2.45) is 0 Å². The number of hydrazine groups is 1. The van der Waals surface area contributed by atoms with Crippen molar-refractivity contribution in [3.05, 3.63) is 59.7 Å². The maximum atomic E-state index is 10.1. The van der Waals surface area contributed by atoms with Gasteiger partial charge in [-0.25, -0.2) is 5.43 Å². The van der Waals surface area contributed by atoms with Crippen LogP contribution in [0.25, 0.3) is 11.1 Å². The van der Waals surface area contributed by atoms with Gasteiger partial charge in [0.25, 0.3) is 0 Å². The summed E-state index contributed by atoms with van der Waals surface area (Å²) in [5.74, 6) is 0.259. The van der Waals surface area contributed by atoms with E-state index < -0.39 is 0 Å². The third kappa shape index (κ3) is 2.12. The van der Waals surface area contributed by atoms with E-state index in [0.717, 1.165) is 0 Å². The summed E-state index contributed by atoms with van der Waals surface area (Å²) in [5.41, 5.74) is 10.5. The lowest BCUT2D eigenvalue weighted by molar-refractivity contribution is -0.137. The number of nitrogens with one attached hydrogen (secondary N) is 2. The molecule has 4 heteroatoms. The molecule has 0 spiro atoms. The maximum Gasteiger partial charge on any atom is 0.314 e. The largest absolute Gasteiger partial charge is 0.359 e. The first-order valence-corrected chi connectivity index (χ1v) is 6.17. The minimum Gasteiger partial charge on any atom is -0.359 e. The lowest BCUT2D eigenvalue weighted by Crippen LogP contribution is -2.34. The monoisotopic (exact) mass is 254 g/mol. The van der Waals surface area contributed by atoms with Crippen molar-refractivity contribution in [1.29, 1.82) is 0 Å². The standard InChI is InChI=1S/C15H14N2O2/c18-10-19-17-16-9-15-13-7-3-1-5-11(13)12-6-2-4-8-14(12)15/h1-8,10,15-17H,9H2. The second-order valence-electron chi connectivity index (χ2n) is 4.42. The van der Waals surface area contributed by atoms with Gasteiger partial charge >= 0.3 is 6.47 Å². The Bertz CT molecular complexity index is 553. The molecule has 2 aromatic rings. The Morgan fingerprint density at radius 3 is 2.16 bits per heavy atom. The Morgan fingerprint density at radius 2 is 1.58 bits per heavy atom. The van der Waals surface area contributed by atoms with E-state index in [1.807, 2.05) is 12.1 Å². The summed E-state index contributed by atoms with van der Waals surface area (Å²) >= 11 is 0. The van der Waals surface area contributed by atoms with Gasteiger partial charge in [-0.1, -0.05) is 54.1 Å². The third-order valence-electron chi connectivity index (χ3n) is 3.45. The van der Waals surface area contributed by atoms with Crippen LogP contribution >= 0.6 is 0 Å². The summed E-state index contributed by atoms with van der Waals surface area (Å²) < 4.78 is 0. The van der Waals surface area contributed by atoms with Crippen LogP contribution in [0.1, 0.15) is 17.0 Å². The van der Waals surface area contributed by atoms with Gasteiger partial charge in [-0.15, -0.1) is 0 Å². The highest BCUT2D eigenvalue weighted by molar-refractivity contribution is 5.78. The van der Waals surface area contributed by atoms with E-state index in [9.17, 15) is 4.79 Å². The number of carbonyl (C=O) groups is 1. The molecule has 2 N–H and O–H groups in total. The quantitative estimate of drug-likeness (QED) is 0.486. The van der Waals surface area contributed by atoms with Gasteiger partial charge in [0.15, 0.2) is 0 Å². The van der Waals surface area contributed by atoms with Crippen molar-refractivity contribution >= 4 is 6.47 Å². The predicted molar refractivity (Wildman–Crippen MR) is 72.0 cm³/mol. The SMILES string of the molecule is O=CONNCC1c2ccccc2-c2ccccc21. The van der Waals surface area contributed by atoms with Gasteiger partial charge in [0, 0.05) is 12.5 Å². The Hall–Kier alpha value is -2.17. The number of rotatable bonds is 5. The molecule has 0 aliphatic heterocycles. The summed E-state index contributed by atoms with van der Waals surface area (Å²) in [6.45, 7) is 1.01. The van der Waals surface area contributed by atoms with Crippen molar-refractivity contribution < 1.29 is 9.63 Å². The van der Waals surface area contributed by atoms with Gasteiger partial charge in [0.2, 0.25) is 0 Å². The van der Waals surface area contributed by atoms with Crippen LogP contribution in [0.5, 0.6) is 0 Å². The highest BCUT2D eigenvalue weighted by atomic mass is 16.7. The van der Waals surface area contributed by atoms with Crippen LogP contribution in [-0.2, 0) is 9.63 Å². The minimum atomic E-state index is 0.259. The van der Waals surface area contributed by atoms with Gasteiger partial charge < -0.3 is 4.84 Å². The lowest BCUT2D eigenvalue weighted by atomic mass is 9.97. The van der Waals surface area contributed by atoms with Gasteiger partial charge in [0.1, 0.15) is 0 Å². The highest BCUT2D eigenvalue weighted by Gasteiger charge is 2.27. The highest BCUT2D eigenvalue weighted by Crippen LogP contribution is 2.43. The molecule has 0 saturated heterocycles. The summed E-state index contributed by atoms with van der Waals surface area (Å²) in [6.07, 6.45) is 0. The topological polar surface area (TPSA) is 50.4 Å². The molecule has 3 rings (SSSR count). The van der Waals surface area contributed by atoms with E-state index in [4.69, 9.17) is 0 Å². The van der Waals surface area contributed by atoms with Gasteiger partial charge in [-0.2, -0.15) is 0 Å². The molecular weight excluding hydrogens is 240 g/mol. The van der Waals surface area contributed by atoms with Crippen LogP contribution in [0.4, 0.5) is 0 Å². The summed E-state index contributed by atoms with van der Waals surface area (Å²) in [7, 11) is 0. The molecule has 1 aliphatic carbocycles. The molecule has 0 bridgehead atoms. The van der Waals surface area contributed by atoms with E-state index in [0.29, 0.717) is 13.0 Å². The third-order valence-corrected chi connectivity index (χ3v) is 3.45. The first kappa shape index (κ1) is 11.9. The number of hydrogen-bond acceptors (Lipinski definition) is 4. The van der Waals surface area contributed by atoms with Crippen LogP contribution < -0.4 is 11.0 Å². The predicted octanol–water partition coefficient (Wildman–Crippen LogP) is 1.98. The molecule has 96 valence electrons. The molecule has 0 aromatic heterocycles. The molecule has 0 heterocycles. The van der Waals surface area contributed by atoms with Crippen LogP contribution in [0.3, 0.4) is 0 Å². The summed E-state index contributed by atoms with van der Waals surface area (Å²) in [6, 6.07) is 16.8. The van der Waals surface area contributed by atoms with E-state index in [1.165, 1.54) is 22.3 Å². The Balaban J connectivity index is 1.89. The van der Waals surface area contributed by atoms with Crippen LogP contribution in [0.2, 0.25) is 0 Å². The number of fused-ring (bicyclic) bond motifs is 3. The smallest absolute Gasteiger partial charge is 0.314 e. The molecule has 0 atom stereocenters. The molecule has 0 unspecified atom stereocenters. The van der Waals surface area contributed by atoms with Crippen LogP contribution in [0, 0.1) is 0 Å². The van der Waals surface area contributed by atoms with Crippen LogP contribution in [0.15, 0.2) is 48.5 Å². The summed E-state index contributed by atoms with van der Waals surface area (Å²) in [4.78, 5) is 14.5. The number of carbonyl (C=O) groups excluding carboxylic acids is 1. The average molecular weight is 254 g/mol. The van der Waals surface area contributed by atoms with E-state index >= 15 is 0 Å². The average Bonchev–Trinajstić information content (AvgIpc) is 2.78.